The lowest BCUT2D eigenvalue weighted by Gasteiger charge is -2.12. The van der Waals surface area contributed by atoms with E-state index in [4.69, 9.17) is 5.73 Å². The van der Waals surface area contributed by atoms with E-state index >= 15 is 0 Å². The molecule has 1 aliphatic carbocycles. The van der Waals surface area contributed by atoms with Gasteiger partial charge in [-0.2, -0.15) is 0 Å². The van der Waals surface area contributed by atoms with Crippen molar-refractivity contribution in [2.45, 2.75) is 38.3 Å². The van der Waals surface area contributed by atoms with Gasteiger partial charge in [0.15, 0.2) is 5.96 Å². The molecule has 1 heterocycles. The fourth-order valence-corrected chi connectivity index (χ4v) is 2.03. The lowest BCUT2D eigenvalue weighted by Crippen LogP contribution is -2.38. The zero-order chi connectivity index (χ0) is 11.4. The number of guanidine groups is 1. The number of aromatic nitrogens is 2. The second kappa shape index (κ2) is 5.01. The van der Waals surface area contributed by atoms with E-state index in [0.717, 1.165) is 5.82 Å². The summed E-state index contributed by atoms with van der Waals surface area (Å²) in [6.45, 7) is 0.537. The summed E-state index contributed by atoms with van der Waals surface area (Å²) in [5, 5.41) is 3.25. The van der Waals surface area contributed by atoms with Crippen molar-refractivity contribution in [1.29, 1.82) is 0 Å². The van der Waals surface area contributed by atoms with Crippen LogP contribution in [-0.4, -0.2) is 21.6 Å². The fourth-order valence-electron chi connectivity index (χ4n) is 2.03. The van der Waals surface area contributed by atoms with Gasteiger partial charge in [0.1, 0.15) is 12.4 Å². The highest BCUT2D eigenvalue weighted by Crippen LogP contribution is 2.17. The molecule has 3 N–H and O–H groups in total. The quantitative estimate of drug-likeness (QED) is 0.585. The Morgan fingerprint density at radius 1 is 1.62 bits per heavy atom. The van der Waals surface area contributed by atoms with Gasteiger partial charge < -0.3 is 15.6 Å². The third-order valence-corrected chi connectivity index (χ3v) is 3.02. The molecule has 2 rings (SSSR count). The monoisotopic (exact) mass is 221 g/mol. The third-order valence-electron chi connectivity index (χ3n) is 3.02. The van der Waals surface area contributed by atoms with Gasteiger partial charge in [-0.05, 0) is 12.8 Å². The van der Waals surface area contributed by atoms with Gasteiger partial charge in [-0.3, -0.25) is 0 Å². The molecule has 16 heavy (non-hydrogen) atoms. The van der Waals surface area contributed by atoms with Crippen molar-refractivity contribution in [2.75, 3.05) is 0 Å². The van der Waals surface area contributed by atoms with E-state index in [1.807, 2.05) is 17.8 Å². The number of hydrogen-bond acceptors (Lipinski definition) is 2. The van der Waals surface area contributed by atoms with E-state index in [0.29, 0.717) is 18.5 Å². The van der Waals surface area contributed by atoms with Crippen molar-refractivity contribution in [3.63, 3.8) is 0 Å². The van der Waals surface area contributed by atoms with Crippen LogP contribution >= 0.6 is 0 Å². The predicted molar refractivity (Wildman–Crippen MR) is 63.9 cm³/mol. The first-order valence-corrected chi connectivity index (χ1v) is 5.78. The van der Waals surface area contributed by atoms with Crippen molar-refractivity contribution < 1.29 is 0 Å². The first-order valence-electron chi connectivity index (χ1n) is 5.78. The number of aryl methyl sites for hydroxylation is 1. The Bertz CT molecular complexity index is 362. The first-order chi connectivity index (χ1) is 7.75. The fraction of sp³-hybridized carbons (Fsp3) is 0.636. The normalized spacial score (nSPS) is 17.9. The second-order valence-electron chi connectivity index (χ2n) is 4.28. The molecule has 1 fully saturated rings. The SMILES string of the molecule is Cn1ccnc1CN=C(N)NC1CCCC1. The maximum absolute atomic E-state index is 5.82. The average molecular weight is 221 g/mol. The van der Waals surface area contributed by atoms with Gasteiger partial charge in [-0.1, -0.05) is 12.8 Å². The minimum Gasteiger partial charge on any atom is -0.370 e. The average Bonchev–Trinajstić information content (AvgIpc) is 2.87. The van der Waals surface area contributed by atoms with Crippen LogP contribution in [0.2, 0.25) is 0 Å². The lowest BCUT2D eigenvalue weighted by molar-refractivity contribution is 0.624. The summed E-state index contributed by atoms with van der Waals surface area (Å²) >= 11 is 0. The Kier molecular flexibility index (Phi) is 3.44. The summed E-state index contributed by atoms with van der Waals surface area (Å²) < 4.78 is 1.95. The van der Waals surface area contributed by atoms with Crippen LogP contribution in [0, 0.1) is 0 Å². The molecule has 0 saturated heterocycles. The van der Waals surface area contributed by atoms with Crippen LogP contribution in [0.1, 0.15) is 31.5 Å². The molecule has 0 spiro atoms. The molecule has 0 aromatic carbocycles. The van der Waals surface area contributed by atoms with Crippen molar-refractivity contribution in [3.8, 4) is 0 Å². The van der Waals surface area contributed by atoms with Gasteiger partial charge in [0, 0.05) is 25.5 Å². The third kappa shape index (κ3) is 2.74. The van der Waals surface area contributed by atoms with Gasteiger partial charge in [-0.15, -0.1) is 0 Å². The number of rotatable bonds is 3. The second-order valence-corrected chi connectivity index (χ2v) is 4.28. The van der Waals surface area contributed by atoms with E-state index in [2.05, 4.69) is 15.3 Å². The zero-order valence-corrected chi connectivity index (χ0v) is 9.69. The van der Waals surface area contributed by atoms with E-state index in [-0.39, 0.29) is 0 Å². The Morgan fingerprint density at radius 3 is 3.00 bits per heavy atom. The zero-order valence-electron chi connectivity index (χ0n) is 9.69. The molecule has 0 amide bonds. The minimum atomic E-state index is 0.519. The largest absolute Gasteiger partial charge is 0.370 e. The lowest BCUT2D eigenvalue weighted by atomic mass is 10.2. The summed E-state index contributed by atoms with van der Waals surface area (Å²) in [7, 11) is 1.96. The van der Waals surface area contributed by atoms with E-state index in [1.54, 1.807) is 6.20 Å². The molecule has 0 radical (unpaired) electrons. The topological polar surface area (TPSA) is 68.2 Å². The molecule has 0 aliphatic heterocycles. The summed E-state index contributed by atoms with van der Waals surface area (Å²) in [6, 6.07) is 0.519. The molecule has 0 bridgehead atoms. The molecule has 5 heteroatoms. The van der Waals surface area contributed by atoms with Crippen LogP contribution < -0.4 is 11.1 Å². The highest BCUT2D eigenvalue weighted by atomic mass is 15.1. The first kappa shape index (κ1) is 11.0. The van der Waals surface area contributed by atoms with Crippen molar-refractivity contribution in [3.05, 3.63) is 18.2 Å². The number of aliphatic imine (C=N–C) groups is 1. The Hall–Kier alpha value is -1.52. The van der Waals surface area contributed by atoms with Gasteiger partial charge in [0.25, 0.3) is 0 Å². The maximum Gasteiger partial charge on any atom is 0.189 e. The Morgan fingerprint density at radius 2 is 2.38 bits per heavy atom. The highest BCUT2D eigenvalue weighted by Gasteiger charge is 2.14. The molecule has 0 atom stereocenters. The molecular weight excluding hydrogens is 202 g/mol. The van der Waals surface area contributed by atoms with Crippen molar-refractivity contribution in [2.24, 2.45) is 17.8 Å². The Balaban J connectivity index is 1.84. The highest BCUT2D eigenvalue weighted by molar-refractivity contribution is 5.78. The molecule has 1 aromatic rings. The molecule has 1 saturated carbocycles. The van der Waals surface area contributed by atoms with Crippen molar-refractivity contribution >= 4 is 5.96 Å². The summed E-state index contributed by atoms with van der Waals surface area (Å²) in [4.78, 5) is 8.48. The summed E-state index contributed by atoms with van der Waals surface area (Å²) in [5.74, 6) is 1.46. The van der Waals surface area contributed by atoms with Crippen LogP contribution in [0.15, 0.2) is 17.4 Å². The molecule has 0 unspecified atom stereocenters. The smallest absolute Gasteiger partial charge is 0.189 e. The van der Waals surface area contributed by atoms with Gasteiger partial charge in [-0.25, -0.2) is 9.98 Å². The molecule has 1 aromatic heterocycles. The maximum atomic E-state index is 5.82. The van der Waals surface area contributed by atoms with Crippen LogP contribution in [0.4, 0.5) is 0 Å². The van der Waals surface area contributed by atoms with Crippen molar-refractivity contribution in [1.82, 2.24) is 14.9 Å². The van der Waals surface area contributed by atoms with Gasteiger partial charge in [0.2, 0.25) is 0 Å². The predicted octanol–water partition coefficient (Wildman–Crippen LogP) is 0.767. The van der Waals surface area contributed by atoms with Crippen LogP contribution in [-0.2, 0) is 13.6 Å². The molecule has 5 nitrogen and oxygen atoms in total. The van der Waals surface area contributed by atoms with Gasteiger partial charge >= 0.3 is 0 Å². The van der Waals surface area contributed by atoms with E-state index in [9.17, 15) is 0 Å². The summed E-state index contributed by atoms with van der Waals surface area (Å²) in [5.41, 5.74) is 5.82. The number of nitrogens with zero attached hydrogens (tertiary/aromatic N) is 3. The standard InChI is InChI=1S/C11H19N5/c1-16-7-6-13-10(16)8-14-11(12)15-9-4-2-3-5-9/h6-7,9H,2-5,8H2,1H3,(H3,12,14,15). The van der Waals surface area contributed by atoms with Crippen LogP contribution in [0.25, 0.3) is 0 Å². The van der Waals surface area contributed by atoms with Crippen LogP contribution in [0.5, 0.6) is 0 Å². The van der Waals surface area contributed by atoms with Crippen LogP contribution in [0.3, 0.4) is 0 Å². The summed E-state index contributed by atoms with van der Waals surface area (Å²) in [6.07, 6.45) is 8.68. The van der Waals surface area contributed by atoms with Gasteiger partial charge in [0.05, 0.1) is 0 Å². The molecular formula is C11H19N5. The van der Waals surface area contributed by atoms with E-state index in [1.165, 1.54) is 25.7 Å². The minimum absolute atomic E-state index is 0.519. The Labute approximate surface area is 95.8 Å². The number of imidazole rings is 1. The number of nitrogens with two attached hydrogens (primary N) is 1. The number of hydrogen-bond donors (Lipinski definition) is 2. The number of nitrogens with one attached hydrogen (secondary N) is 1. The molecule has 88 valence electrons. The molecule has 1 aliphatic rings. The van der Waals surface area contributed by atoms with E-state index < -0.39 is 0 Å².